The third-order valence-electron chi connectivity index (χ3n) is 4.70. The van der Waals surface area contributed by atoms with Crippen molar-refractivity contribution in [1.29, 1.82) is 0 Å². The molecule has 0 aliphatic carbocycles. The zero-order valence-electron chi connectivity index (χ0n) is 17.0. The van der Waals surface area contributed by atoms with E-state index in [1.165, 1.54) is 25.6 Å². The monoisotopic (exact) mass is 413 g/mol. The molecule has 0 saturated heterocycles. The SMILES string of the molecule is COC(=O)C1=C(C)NC(C)=C(C(=O)OC)C1c1ccccc1Nc1nc(C)cs1. The zero-order chi connectivity index (χ0) is 21.1. The molecule has 0 radical (unpaired) electrons. The maximum absolute atomic E-state index is 12.7. The summed E-state index contributed by atoms with van der Waals surface area (Å²) in [4.78, 5) is 29.8. The number of dihydropyridines is 1. The lowest BCUT2D eigenvalue weighted by molar-refractivity contribution is -0.137. The van der Waals surface area contributed by atoms with Gasteiger partial charge in [0.1, 0.15) is 0 Å². The summed E-state index contributed by atoms with van der Waals surface area (Å²) in [7, 11) is 2.65. The highest BCUT2D eigenvalue weighted by Crippen LogP contribution is 2.42. The molecule has 0 unspecified atom stereocenters. The zero-order valence-corrected chi connectivity index (χ0v) is 17.8. The van der Waals surface area contributed by atoms with Gasteiger partial charge in [-0.3, -0.25) is 0 Å². The quantitative estimate of drug-likeness (QED) is 0.721. The van der Waals surface area contributed by atoms with E-state index in [0.29, 0.717) is 22.5 Å². The molecule has 1 aromatic carbocycles. The highest BCUT2D eigenvalue weighted by molar-refractivity contribution is 7.13. The van der Waals surface area contributed by atoms with E-state index in [9.17, 15) is 9.59 Å². The minimum absolute atomic E-state index is 0.364. The molecule has 2 N–H and O–H groups in total. The van der Waals surface area contributed by atoms with Gasteiger partial charge in [0, 0.05) is 22.5 Å². The molecule has 2 aromatic rings. The first-order chi connectivity index (χ1) is 13.9. The predicted octanol–water partition coefficient (Wildman–Crippen LogP) is 3.78. The number of carbonyl (C=O) groups excluding carboxylic acids is 2. The second-order valence-corrected chi connectivity index (χ2v) is 7.48. The number of hydrogen-bond donors (Lipinski definition) is 2. The Bertz CT molecular complexity index is 984. The van der Waals surface area contributed by atoms with Crippen molar-refractivity contribution in [3.63, 3.8) is 0 Å². The highest BCUT2D eigenvalue weighted by atomic mass is 32.1. The Morgan fingerprint density at radius 1 is 1.03 bits per heavy atom. The van der Waals surface area contributed by atoms with Crippen LogP contribution in [0.5, 0.6) is 0 Å². The van der Waals surface area contributed by atoms with E-state index in [2.05, 4.69) is 15.6 Å². The summed E-state index contributed by atoms with van der Waals surface area (Å²) in [6, 6.07) is 7.52. The molecule has 1 aromatic heterocycles. The van der Waals surface area contributed by atoms with Crippen LogP contribution in [0.4, 0.5) is 10.8 Å². The van der Waals surface area contributed by atoms with Crippen LogP contribution in [0.1, 0.15) is 31.0 Å². The van der Waals surface area contributed by atoms with Crippen LogP contribution in [0.3, 0.4) is 0 Å². The van der Waals surface area contributed by atoms with E-state index in [1.807, 2.05) is 36.6 Å². The molecule has 2 heterocycles. The first kappa shape index (κ1) is 20.6. The molecular weight excluding hydrogens is 390 g/mol. The number of methoxy groups -OCH3 is 2. The van der Waals surface area contributed by atoms with Crippen LogP contribution in [-0.2, 0) is 19.1 Å². The molecule has 0 amide bonds. The van der Waals surface area contributed by atoms with Gasteiger partial charge < -0.3 is 20.1 Å². The third kappa shape index (κ3) is 4.02. The number of rotatable bonds is 5. The summed E-state index contributed by atoms with van der Waals surface area (Å²) in [6.07, 6.45) is 0. The average molecular weight is 413 g/mol. The smallest absolute Gasteiger partial charge is 0.336 e. The van der Waals surface area contributed by atoms with Crippen molar-refractivity contribution < 1.29 is 19.1 Å². The number of anilines is 2. The minimum atomic E-state index is -0.652. The molecule has 0 bridgehead atoms. The molecule has 0 fully saturated rings. The summed E-state index contributed by atoms with van der Waals surface area (Å²) >= 11 is 1.48. The predicted molar refractivity (Wildman–Crippen MR) is 112 cm³/mol. The van der Waals surface area contributed by atoms with Crippen molar-refractivity contribution in [3.05, 3.63) is 63.4 Å². The maximum Gasteiger partial charge on any atom is 0.336 e. The molecule has 0 saturated carbocycles. The normalized spacial score (nSPS) is 14.5. The molecule has 152 valence electrons. The average Bonchev–Trinajstić information content (AvgIpc) is 3.11. The van der Waals surface area contributed by atoms with E-state index in [-0.39, 0.29) is 0 Å². The molecule has 0 spiro atoms. The number of aryl methyl sites for hydroxylation is 1. The third-order valence-corrected chi connectivity index (χ3v) is 5.58. The molecular formula is C21H23N3O4S. The van der Waals surface area contributed by atoms with Crippen molar-refractivity contribution in [3.8, 4) is 0 Å². The van der Waals surface area contributed by atoms with Crippen molar-refractivity contribution in [2.45, 2.75) is 26.7 Å². The Labute approximate surface area is 173 Å². The van der Waals surface area contributed by atoms with Gasteiger partial charge >= 0.3 is 11.9 Å². The molecule has 3 rings (SSSR count). The number of nitrogens with one attached hydrogen (secondary N) is 2. The topological polar surface area (TPSA) is 89.5 Å². The number of hydrogen-bond acceptors (Lipinski definition) is 8. The molecule has 1 aliphatic rings. The van der Waals surface area contributed by atoms with Gasteiger partial charge in [-0.05, 0) is 32.4 Å². The van der Waals surface area contributed by atoms with E-state index in [4.69, 9.17) is 9.47 Å². The number of carbonyl (C=O) groups is 2. The van der Waals surface area contributed by atoms with Crippen LogP contribution in [0, 0.1) is 6.92 Å². The maximum atomic E-state index is 12.7. The van der Waals surface area contributed by atoms with Crippen LogP contribution in [0.2, 0.25) is 0 Å². The van der Waals surface area contributed by atoms with Crippen molar-refractivity contribution in [2.24, 2.45) is 0 Å². The second-order valence-electron chi connectivity index (χ2n) is 6.62. The van der Waals surface area contributed by atoms with Gasteiger partial charge in [0.25, 0.3) is 0 Å². The number of para-hydroxylation sites is 1. The van der Waals surface area contributed by atoms with E-state index >= 15 is 0 Å². The summed E-state index contributed by atoms with van der Waals surface area (Å²) in [6.45, 7) is 5.50. The Morgan fingerprint density at radius 3 is 2.14 bits per heavy atom. The highest BCUT2D eigenvalue weighted by Gasteiger charge is 2.38. The first-order valence-electron chi connectivity index (χ1n) is 9.00. The molecule has 0 atom stereocenters. The van der Waals surface area contributed by atoms with Gasteiger partial charge in [-0.2, -0.15) is 0 Å². The number of allylic oxidation sites excluding steroid dienone is 2. The van der Waals surface area contributed by atoms with Crippen LogP contribution in [0.25, 0.3) is 0 Å². The largest absolute Gasteiger partial charge is 0.466 e. The summed E-state index contributed by atoms with van der Waals surface area (Å²) in [5.41, 5.74) is 4.40. The lowest BCUT2D eigenvalue weighted by Crippen LogP contribution is -2.32. The summed E-state index contributed by atoms with van der Waals surface area (Å²) in [5.74, 6) is -1.66. The Balaban J connectivity index is 2.19. The summed E-state index contributed by atoms with van der Waals surface area (Å²) < 4.78 is 10.1. The van der Waals surface area contributed by atoms with Crippen LogP contribution in [-0.4, -0.2) is 31.1 Å². The number of nitrogens with zero attached hydrogens (tertiary/aromatic N) is 1. The van der Waals surface area contributed by atoms with Gasteiger partial charge in [0.2, 0.25) is 0 Å². The van der Waals surface area contributed by atoms with E-state index in [1.54, 1.807) is 13.8 Å². The molecule has 7 nitrogen and oxygen atoms in total. The van der Waals surface area contributed by atoms with Crippen molar-refractivity contribution in [2.75, 3.05) is 19.5 Å². The van der Waals surface area contributed by atoms with Gasteiger partial charge in [-0.1, -0.05) is 18.2 Å². The number of esters is 2. The van der Waals surface area contributed by atoms with Gasteiger partial charge in [0.05, 0.1) is 37.0 Å². The second kappa shape index (κ2) is 8.48. The van der Waals surface area contributed by atoms with Crippen molar-refractivity contribution >= 4 is 34.1 Å². The number of ether oxygens (including phenoxy) is 2. The number of aromatic nitrogens is 1. The fourth-order valence-electron chi connectivity index (χ4n) is 3.46. The number of benzene rings is 1. The fraction of sp³-hybridized carbons (Fsp3) is 0.286. The van der Waals surface area contributed by atoms with Gasteiger partial charge in [-0.25, -0.2) is 14.6 Å². The fourth-order valence-corrected chi connectivity index (χ4v) is 4.16. The lowest BCUT2D eigenvalue weighted by atomic mass is 9.79. The molecule has 1 aliphatic heterocycles. The van der Waals surface area contributed by atoms with E-state index in [0.717, 1.165) is 22.1 Å². The van der Waals surface area contributed by atoms with Crippen LogP contribution in [0.15, 0.2) is 52.2 Å². The van der Waals surface area contributed by atoms with Crippen LogP contribution < -0.4 is 10.6 Å². The van der Waals surface area contributed by atoms with Gasteiger partial charge in [0.15, 0.2) is 5.13 Å². The standard InChI is InChI=1S/C21H23N3O4S/c1-11-10-29-21(22-11)24-15-9-7-6-8-14(15)18-16(19(25)27-4)12(2)23-13(3)17(18)20(26)28-5/h6-10,18,23H,1-5H3,(H,22,24). The Morgan fingerprint density at radius 2 is 1.62 bits per heavy atom. The van der Waals surface area contributed by atoms with Crippen molar-refractivity contribution in [1.82, 2.24) is 10.3 Å². The van der Waals surface area contributed by atoms with Crippen LogP contribution >= 0.6 is 11.3 Å². The first-order valence-corrected chi connectivity index (χ1v) is 9.88. The van der Waals surface area contributed by atoms with Gasteiger partial charge in [-0.15, -0.1) is 11.3 Å². The molecule has 29 heavy (non-hydrogen) atoms. The number of thiazole rings is 1. The Kier molecular flexibility index (Phi) is 6.03. The summed E-state index contributed by atoms with van der Waals surface area (Å²) in [5, 5.41) is 9.10. The minimum Gasteiger partial charge on any atom is -0.466 e. The Hall–Kier alpha value is -3.13. The lowest BCUT2D eigenvalue weighted by Gasteiger charge is -2.31. The molecule has 8 heteroatoms. The van der Waals surface area contributed by atoms with E-state index < -0.39 is 17.9 Å².